The van der Waals surface area contributed by atoms with E-state index >= 15 is 0 Å². The van der Waals surface area contributed by atoms with E-state index in [-0.39, 0.29) is 11.8 Å². The van der Waals surface area contributed by atoms with E-state index in [2.05, 4.69) is 88.2 Å². The summed E-state index contributed by atoms with van der Waals surface area (Å²) in [6.07, 6.45) is 2.87. The van der Waals surface area contributed by atoms with Crippen LogP contribution in [0.4, 0.5) is 0 Å². The van der Waals surface area contributed by atoms with E-state index in [0.29, 0.717) is 6.04 Å². The molecule has 0 N–H and O–H groups in total. The summed E-state index contributed by atoms with van der Waals surface area (Å²) in [5.74, 6) is 1.02. The predicted molar refractivity (Wildman–Crippen MR) is 116 cm³/mol. The molecule has 4 nitrogen and oxygen atoms in total. The van der Waals surface area contributed by atoms with Crippen LogP contribution in [0.3, 0.4) is 0 Å². The fourth-order valence-electron chi connectivity index (χ4n) is 4.78. The molecule has 28 heavy (non-hydrogen) atoms. The van der Waals surface area contributed by atoms with Gasteiger partial charge in [-0.15, -0.1) is 0 Å². The van der Waals surface area contributed by atoms with Crippen LogP contribution in [0.2, 0.25) is 0 Å². The standard InChI is InChI=1S/C23H26BrN3O/c1-16(2)26-12-10-23(11-13-26)27-21(19-14-18(24)8-9-22(19)28-23)15-20(25-27)17-6-4-3-5-7-17/h3-9,14,16,21H,10-13,15H2,1-2H3. The maximum absolute atomic E-state index is 6.71. The van der Waals surface area contributed by atoms with E-state index < -0.39 is 0 Å². The number of fused-ring (bicyclic) bond motifs is 4. The third-order valence-electron chi connectivity index (χ3n) is 6.38. The molecule has 0 saturated carbocycles. The van der Waals surface area contributed by atoms with Crippen LogP contribution in [0.1, 0.15) is 50.3 Å². The Morgan fingerprint density at radius 3 is 2.57 bits per heavy atom. The molecule has 2 aromatic carbocycles. The van der Waals surface area contributed by atoms with Crippen molar-refractivity contribution in [2.24, 2.45) is 5.10 Å². The topological polar surface area (TPSA) is 28.1 Å². The summed E-state index contributed by atoms with van der Waals surface area (Å²) in [5.41, 5.74) is 3.27. The number of hydrazone groups is 1. The van der Waals surface area contributed by atoms with Gasteiger partial charge < -0.3 is 9.64 Å². The van der Waals surface area contributed by atoms with E-state index in [1.54, 1.807) is 0 Å². The van der Waals surface area contributed by atoms with Gasteiger partial charge in [0.05, 0.1) is 11.8 Å². The summed E-state index contributed by atoms with van der Waals surface area (Å²) in [5, 5.41) is 7.44. The molecule has 0 bridgehead atoms. The van der Waals surface area contributed by atoms with Gasteiger partial charge in [0.15, 0.2) is 0 Å². The summed E-state index contributed by atoms with van der Waals surface area (Å²) in [6, 6.07) is 17.8. The molecule has 0 radical (unpaired) electrons. The van der Waals surface area contributed by atoms with Crippen molar-refractivity contribution in [3.63, 3.8) is 0 Å². The van der Waals surface area contributed by atoms with Gasteiger partial charge in [0.25, 0.3) is 0 Å². The molecule has 1 saturated heterocycles. The SMILES string of the molecule is CC(C)N1CCC2(CC1)Oc1ccc(Br)cc1C1CC(c3ccccc3)=NN12. The molecule has 1 atom stereocenters. The van der Waals surface area contributed by atoms with Crippen molar-refractivity contribution in [3.05, 3.63) is 64.1 Å². The average molecular weight is 440 g/mol. The minimum Gasteiger partial charge on any atom is -0.466 e. The van der Waals surface area contributed by atoms with E-state index in [4.69, 9.17) is 9.84 Å². The highest BCUT2D eigenvalue weighted by Crippen LogP contribution is 2.50. The molecule has 5 heteroatoms. The lowest BCUT2D eigenvalue weighted by molar-refractivity contribution is -0.152. The van der Waals surface area contributed by atoms with Crippen LogP contribution in [0.15, 0.2) is 58.1 Å². The number of hydrogen-bond acceptors (Lipinski definition) is 4. The van der Waals surface area contributed by atoms with Crippen molar-refractivity contribution in [2.45, 2.75) is 50.9 Å². The zero-order chi connectivity index (χ0) is 19.3. The van der Waals surface area contributed by atoms with Gasteiger partial charge in [-0.2, -0.15) is 5.10 Å². The Kier molecular flexibility index (Phi) is 4.48. The summed E-state index contributed by atoms with van der Waals surface area (Å²) < 4.78 is 7.80. The van der Waals surface area contributed by atoms with Gasteiger partial charge in [-0.25, -0.2) is 5.01 Å². The summed E-state index contributed by atoms with van der Waals surface area (Å²) in [7, 11) is 0. The Labute approximate surface area is 175 Å². The molecule has 0 amide bonds. The van der Waals surface area contributed by atoms with Crippen LogP contribution in [-0.2, 0) is 0 Å². The maximum Gasteiger partial charge on any atom is 0.200 e. The molecule has 146 valence electrons. The van der Waals surface area contributed by atoms with Crippen LogP contribution < -0.4 is 4.74 Å². The van der Waals surface area contributed by atoms with Crippen LogP contribution in [0, 0.1) is 0 Å². The van der Waals surface area contributed by atoms with Crippen molar-refractivity contribution in [1.29, 1.82) is 0 Å². The zero-order valence-electron chi connectivity index (χ0n) is 16.4. The normalized spacial score (nSPS) is 23.4. The van der Waals surface area contributed by atoms with Gasteiger partial charge in [0.2, 0.25) is 5.72 Å². The molecule has 3 aliphatic rings. The van der Waals surface area contributed by atoms with Crippen LogP contribution in [0.5, 0.6) is 5.75 Å². The zero-order valence-corrected chi connectivity index (χ0v) is 18.0. The van der Waals surface area contributed by atoms with E-state index in [9.17, 15) is 0 Å². The minimum atomic E-state index is -0.340. The number of benzene rings is 2. The van der Waals surface area contributed by atoms with Crippen LogP contribution in [-0.4, -0.2) is 40.5 Å². The van der Waals surface area contributed by atoms with Crippen molar-refractivity contribution in [1.82, 2.24) is 9.91 Å². The summed E-state index contributed by atoms with van der Waals surface area (Å²) >= 11 is 3.64. The fraction of sp³-hybridized carbons (Fsp3) is 0.435. The minimum absolute atomic E-state index is 0.238. The van der Waals surface area contributed by atoms with Crippen molar-refractivity contribution in [2.75, 3.05) is 13.1 Å². The fourth-order valence-corrected chi connectivity index (χ4v) is 5.16. The maximum atomic E-state index is 6.71. The van der Waals surface area contributed by atoms with Crippen LogP contribution in [0.25, 0.3) is 0 Å². The number of likely N-dealkylation sites (tertiary alicyclic amines) is 1. The Hall–Kier alpha value is -1.85. The van der Waals surface area contributed by atoms with Gasteiger partial charge in [-0.1, -0.05) is 46.3 Å². The lowest BCUT2D eigenvalue weighted by Gasteiger charge is -2.51. The first-order chi connectivity index (χ1) is 13.6. The van der Waals surface area contributed by atoms with E-state index in [1.165, 1.54) is 11.1 Å². The quantitative estimate of drug-likeness (QED) is 0.643. The number of piperidine rings is 1. The highest BCUT2D eigenvalue weighted by Gasteiger charge is 2.51. The number of rotatable bonds is 2. The Balaban J connectivity index is 1.55. The number of halogens is 1. The highest BCUT2D eigenvalue weighted by molar-refractivity contribution is 9.10. The predicted octanol–water partition coefficient (Wildman–Crippen LogP) is 5.19. The van der Waals surface area contributed by atoms with Crippen molar-refractivity contribution >= 4 is 21.6 Å². The molecule has 1 unspecified atom stereocenters. The number of ether oxygens (including phenoxy) is 1. The first-order valence-electron chi connectivity index (χ1n) is 10.2. The largest absolute Gasteiger partial charge is 0.466 e. The summed E-state index contributed by atoms with van der Waals surface area (Å²) in [6.45, 7) is 6.64. The lowest BCUT2D eigenvalue weighted by Crippen LogP contribution is -2.59. The first kappa shape index (κ1) is 18.2. The third-order valence-corrected chi connectivity index (χ3v) is 6.87. The average Bonchev–Trinajstić information content (AvgIpc) is 3.17. The smallest absolute Gasteiger partial charge is 0.200 e. The highest BCUT2D eigenvalue weighted by atomic mass is 79.9. The second-order valence-electron chi connectivity index (χ2n) is 8.34. The molecule has 1 fully saturated rings. The van der Waals surface area contributed by atoms with Gasteiger partial charge in [-0.05, 0) is 37.6 Å². The molecule has 1 spiro atoms. The van der Waals surface area contributed by atoms with Gasteiger partial charge in [0, 0.05) is 48.4 Å². The van der Waals surface area contributed by atoms with Crippen LogP contribution >= 0.6 is 15.9 Å². The molecule has 2 aromatic rings. The Bertz CT molecular complexity index is 903. The van der Waals surface area contributed by atoms with Gasteiger partial charge in [-0.3, -0.25) is 0 Å². The monoisotopic (exact) mass is 439 g/mol. The van der Waals surface area contributed by atoms with Gasteiger partial charge in [0.1, 0.15) is 5.75 Å². The number of nitrogens with zero attached hydrogens (tertiary/aromatic N) is 3. The summed E-state index contributed by atoms with van der Waals surface area (Å²) in [4.78, 5) is 2.54. The number of hydrogen-bond donors (Lipinski definition) is 0. The molecule has 3 heterocycles. The second kappa shape index (κ2) is 6.89. The molecular weight excluding hydrogens is 414 g/mol. The van der Waals surface area contributed by atoms with Crippen molar-refractivity contribution < 1.29 is 4.74 Å². The molecule has 0 aliphatic carbocycles. The Morgan fingerprint density at radius 1 is 1.11 bits per heavy atom. The molecular formula is C23H26BrN3O. The molecule has 0 aromatic heterocycles. The van der Waals surface area contributed by atoms with Crippen molar-refractivity contribution in [3.8, 4) is 5.75 Å². The second-order valence-corrected chi connectivity index (χ2v) is 9.25. The first-order valence-corrected chi connectivity index (χ1v) is 11.0. The molecule has 3 aliphatic heterocycles. The molecule has 5 rings (SSSR count). The van der Waals surface area contributed by atoms with E-state index in [1.807, 2.05) is 0 Å². The lowest BCUT2D eigenvalue weighted by atomic mass is 9.90. The van der Waals surface area contributed by atoms with E-state index in [0.717, 1.165) is 48.3 Å². The third kappa shape index (κ3) is 2.96. The Morgan fingerprint density at radius 2 is 1.86 bits per heavy atom. The van der Waals surface area contributed by atoms with Gasteiger partial charge >= 0.3 is 0 Å².